The summed E-state index contributed by atoms with van der Waals surface area (Å²) in [7, 11) is 0. The zero-order chi connectivity index (χ0) is 15.1. The molecule has 0 spiro atoms. The Kier molecular flexibility index (Phi) is 5.75. The molecule has 1 aromatic carbocycles. The van der Waals surface area contributed by atoms with E-state index in [2.05, 4.69) is 11.4 Å². The van der Waals surface area contributed by atoms with E-state index < -0.39 is 0 Å². The van der Waals surface area contributed by atoms with Crippen LogP contribution >= 0.6 is 0 Å². The second kappa shape index (κ2) is 7.56. The second-order valence-corrected chi connectivity index (χ2v) is 5.41. The van der Waals surface area contributed by atoms with Crippen LogP contribution in [0.15, 0.2) is 30.3 Å². The van der Waals surface area contributed by atoms with Crippen molar-refractivity contribution in [3.63, 3.8) is 0 Å². The largest absolute Gasteiger partial charge is 0.352 e. The quantitative estimate of drug-likeness (QED) is 0.747. The molecule has 0 amide bonds. The Morgan fingerprint density at radius 3 is 2.38 bits per heavy atom. The SMILES string of the molecule is CCOC(CNC1CC(C#N)(c2ccccc2)C1)OCC. The van der Waals surface area contributed by atoms with E-state index in [1.807, 2.05) is 44.2 Å². The first kappa shape index (κ1) is 16.0. The summed E-state index contributed by atoms with van der Waals surface area (Å²) in [5.41, 5.74) is 0.794. The van der Waals surface area contributed by atoms with Gasteiger partial charge in [0.05, 0.1) is 11.5 Å². The molecule has 21 heavy (non-hydrogen) atoms. The number of ether oxygens (including phenoxy) is 2. The first-order valence-corrected chi connectivity index (χ1v) is 7.67. The van der Waals surface area contributed by atoms with Gasteiger partial charge in [-0.1, -0.05) is 30.3 Å². The van der Waals surface area contributed by atoms with Gasteiger partial charge in [-0.25, -0.2) is 0 Å². The molecule has 0 heterocycles. The average Bonchev–Trinajstić information content (AvgIpc) is 2.47. The molecule has 1 saturated carbocycles. The van der Waals surface area contributed by atoms with E-state index in [0.717, 1.165) is 18.4 Å². The Bertz CT molecular complexity index is 457. The number of nitrogens with one attached hydrogen (secondary N) is 1. The molecular weight excluding hydrogens is 264 g/mol. The van der Waals surface area contributed by atoms with Crippen LogP contribution in [0.1, 0.15) is 32.3 Å². The maximum absolute atomic E-state index is 9.53. The molecule has 0 radical (unpaired) electrons. The molecule has 0 unspecified atom stereocenters. The van der Waals surface area contributed by atoms with E-state index in [1.165, 1.54) is 0 Å². The number of hydrogen-bond donors (Lipinski definition) is 1. The van der Waals surface area contributed by atoms with Crippen molar-refractivity contribution in [3.05, 3.63) is 35.9 Å². The van der Waals surface area contributed by atoms with Crippen molar-refractivity contribution in [1.82, 2.24) is 5.32 Å². The summed E-state index contributed by atoms with van der Waals surface area (Å²) in [6.07, 6.45) is 1.49. The van der Waals surface area contributed by atoms with Gasteiger partial charge in [-0.3, -0.25) is 0 Å². The van der Waals surface area contributed by atoms with Crippen molar-refractivity contribution < 1.29 is 9.47 Å². The molecule has 0 saturated heterocycles. The minimum atomic E-state index is -0.328. The fourth-order valence-electron chi connectivity index (χ4n) is 2.88. The van der Waals surface area contributed by atoms with E-state index in [9.17, 15) is 5.26 Å². The summed E-state index contributed by atoms with van der Waals surface area (Å²) in [5.74, 6) is 0. The van der Waals surface area contributed by atoms with Crippen LogP contribution in [0.4, 0.5) is 0 Å². The minimum Gasteiger partial charge on any atom is -0.352 e. The molecule has 0 atom stereocenters. The van der Waals surface area contributed by atoms with E-state index in [0.29, 0.717) is 25.8 Å². The zero-order valence-corrected chi connectivity index (χ0v) is 12.8. The molecule has 0 aliphatic heterocycles. The van der Waals surface area contributed by atoms with Crippen LogP contribution in [0, 0.1) is 11.3 Å². The lowest BCUT2D eigenvalue weighted by atomic mass is 9.62. The van der Waals surface area contributed by atoms with Crippen molar-refractivity contribution in [2.24, 2.45) is 0 Å². The molecule has 0 aromatic heterocycles. The van der Waals surface area contributed by atoms with E-state index in [1.54, 1.807) is 0 Å². The van der Waals surface area contributed by atoms with E-state index in [-0.39, 0.29) is 11.7 Å². The first-order chi connectivity index (χ1) is 10.2. The highest BCUT2D eigenvalue weighted by atomic mass is 16.7. The predicted molar refractivity (Wildman–Crippen MR) is 81.8 cm³/mol. The third kappa shape index (κ3) is 3.82. The van der Waals surface area contributed by atoms with Crippen LogP contribution in [0.3, 0.4) is 0 Å². The summed E-state index contributed by atoms with van der Waals surface area (Å²) >= 11 is 0. The molecule has 0 bridgehead atoms. The highest BCUT2D eigenvalue weighted by Gasteiger charge is 2.45. The van der Waals surface area contributed by atoms with Gasteiger partial charge in [0.1, 0.15) is 0 Å². The molecule has 114 valence electrons. The Hall–Kier alpha value is -1.41. The Morgan fingerprint density at radius 1 is 1.24 bits per heavy atom. The fraction of sp³-hybridized carbons (Fsp3) is 0.588. The Morgan fingerprint density at radius 2 is 1.86 bits per heavy atom. The van der Waals surface area contributed by atoms with Crippen LogP contribution in [0.25, 0.3) is 0 Å². The lowest BCUT2D eigenvalue weighted by Crippen LogP contribution is -2.52. The van der Waals surface area contributed by atoms with Gasteiger partial charge in [0.15, 0.2) is 6.29 Å². The molecule has 2 rings (SSSR count). The maximum Gasteiger partial charge on any atom is 0.169 e. The van der Waals surface area contributed by atoms with Gasteiger partial charge in [-0.2, -0.15) is 5.26 Å². The molecular formula is C17H24N2O2. The van der Waals surface area contributed by atoms with Crippen LogP contribution in [-0.2, 0) is 14.9 Å². The summed E-state index contributed by atoms with van der Waals surface area (Å²) < 4.78 is 11.0. The van der Waals surface area contributed by atoms with Crippen LogP contribution in [0.5, 0.6) is 0 Å². The smallest absolute Gasteiger partial charge is 0.169 e. The lowest BCUT2D eigenvalue weighted by Gasteiger charge is -2.43. The van der Waals surface area contributed by atoms with Crippen LogP contribution in [-0.4, -0.2) is 32.1 Å². The highest BCUT2D eigenvalue weighted by molar-refractivity contribution is 5.36. The molecule has 4 nitrogen and oxygen atoms in total. The number of rotatable bonds is 8. The minimum absolute atomic E-state index is 0.200. The molecule has 4 heteroatoms. The third-order valence-corrected chi connectivity index (χ3v) is 4.01. The highest BCUT2D eigenvalue weighted by Crippen LogP contribution is 2.43. The lowest BCUT2D eigenvalue weighted by molar-refractivity contribution is -0.134. The molecule has 1 aliphatic rings. The van der Waals surface area contributed by atoms with Crippen LogP contribution in [0.2, 0.25) is 0 Å². The van der Waals surface area contributed by atoms with E-state index >= 15 is 0 Å². The van der Waals surface area contributed by atoms with Gasteiger partial charge in [0.25, 0.3) is 0 Å². The van der Waals surface area contributed by atoms with Gasteiger partial charge in [0, 0.05) is 25.8 Å². The van der Waals surface area contributed by atoms with Crippen molar-refractivity contribution in [2.45, 2.75) is 44.4 Å². The zero-order valence-electron chi connectivity index (χ0n) is 12.8. The van der Waals surface area contributed by atoms with Crippen molar-refractivity contribution >= 4 is 0 Å². The van der Waals surface area contributed by atoms with Crippen molar-refractivity contribution in [1.29, 1.82) is 5.26 Å². The normalized spacial score (nSPS) is 24.6. The Labute approximate surface area is 127 Å². The number of nitrogens with zero attached hydrogens (tertiary/aromatic N) is 1. The molecule has 1 aliphatic carbocycles. The van der Waals surface area contributed by atoms with Gasteiger partial charge < -0.3 is 14.8 Å². The van der Waals surface area contributed by atoms with Crippen molar-refractivity contribution in [2.75, 3.05) is 19.8 Å². The van der Waals surface area contributed by atoms with Gasteiger partial charge in [-0.15, -0.1) is 0 Å². The van der Waals surface area contributed by atoms with Gasteiger partial charge >= 0.3 is 0 Å². The molecule has 1 fully saturated rings. The Balaban J connectivity index is 1.84. The number of benzene rings is 1. The summed E-state index contributed by atoms with van der Waals surface area (Å²) in [6, 6.07) is 12.9. The first-order valence-electron chi connectivity index (χ1n) is 7.67. The standard InChI is InChI=1S/C17H24N2O2/c1-3-20-16(21-4-2)12-19-15-10-17(11-15,13-18)14-8-6-5-7-9-14/h5-9,15-16,19H,3-4,10-12H2,1-2H3. The fourth-order valence-corrected chi connectivity index (χ4v) is 2.88. The molecule has 1 aromatic rings. The van der Waals surface area contributed by atoms with E-state index in [4.69, 9.17) is 9.47 Å². The number of hydrogen-bond acceptors (Lipinski definition) is 4. The summed E-state index contributed by atoms with van der Waals surface area (Å²) in [4.78, 5) is 0. The summed E-state index contributed by atoms with van der Waals surface area (Å²) in [6.45, 7) is 5.88. The topological polar surface area (TPSA) is 54.3 Å². The second-order valence-electron chi connectivity index (χ2n) is 5.41. The van der Waals surface area contributed by atoms with Crippen molar-refractivity contribution in [3.8, 4) is 6.07 Å². The van der Waals surface area contributed by atoms with Gasteiger partial charge in [-0.05, 0) is 32.3 Å². The summed E-state index contributed by atoms with van der Waals surface area (Å²) in [5, 5.41) is 13.0. The number of nitriles is 1. The predicted octanol–water partition coefficient (Wildman–Crippen LogP) is 2.60. The molecule has 1 N–H and O–H groups in total. The third-order valence-electron chi connectivity index (χ3n) is 4.01. The maximum atomic E-state index is 9.53. The van der Waals surface area contributed by atoms with Gasteiger partial charge in [0.2, 0.25) is 0 Å². The van der Waals surface area contributed by atoms with Crippen LogP contribution < -0.4 is 5.32 Å². The monoisotopic (exact) mass is 288 g/mol. The average molecular weight is 288 g/mol.